The Labute approximate surface area is 164 Å². The molecular formula is C22H24N4O2. The maximum Gasteiger partial charge on any atom is 0.255 e. The van der Waals surface area contributed by atoms with Gasteiger partial charge in [-0.25, -0.2) is 4.98 Å². The van der Waals surface area contributed by atoms with Gasteiger partial charge < -0.3 is 10.3 Å². The number of nitrogens with one attached hydrogen (secondary N) is 2. The minimum Gasteiger partial charge on any atom is -0.353 e. The van der Waals surface area contributed by atoms with Crippen LogP contribution in [-0.4, -0.2) is 26.9 Å². The van der Waals surface area contributed by atoms with E-state index in [1.165, 1.54) is 5.56 Å². The van der Waals surface area contributed by atoms with E-state index in [1.54, 1.807) is 25.3 Å². The predicted octanol–water partition coefficient (Wildman–Crippen LogP) is 2.82. The number of aromatic amines is 1. The van der Waals surface area contributed by atoms with Crippen LogP contribution in [0, 0.1) is 6.92 Å². The number of pyridine rings is 1. The van der Waals surface area contributed by atoms with Crippen molar-refractivity contribution < 1.29 is 4.79 Å². The van der Waals surface area contributed by atoms with Crippen molar-refractivity contribution >= 4 is 5.91 Å². The van der Waals surface area contributed by atoms with E-state index in [0.29, 0.717) is 22.8 Å². The molecule has 1 aromatic carbocycles. The third kappa shape index (κ3) is 5.13. The third-order valence-electron chi connectivity index (χ3n) is 4.58. The molecule has 0 aliphatic heterocycles. The van der Waals surface area contributed by atoms with Gasteiger partial charge in [-0.3, -0.25) is 14.6 Å². The second kappa shape index (κ2) is 9.08. The van der Waals surface area contributed by atoms with Gasteiger partial charge in [0.25, 0.3) is 5.56 Å². The zero-order valence-corrected chi connectivity index (χ0v) is 16.1. The number of aromatic nitrogens is 3. The molecule has 0 aliphatic rings. The molecule has 144 valence electrons. The van der Waals surface area contributed by atoms with E-state index in [1.807, 2.05) is 31.2 Å². The van der Waals surface area contributed by atoms with E-state index >= 15 is 0 Å². The van der Waals surface area contributed by atoms with Crippen molar-refractivity contribution in [3.8, 4) is 11.5 Å². The minimum absolute atomic E-state index is 0.00629. The molecule has 0 aliphatic carbocycles. The molecular weight excluding hydrogens is 352 g/mol. The first-order valence-corrected chi connectivity index (χ1v) is 9.37. The quantitative estimate of drug-likeness (QED) is 0.664. The summed E-state index contributed by atoms with van der Waals surface area (Å²) in [6, 6.07) is 15.6. The zero-order valence-electron chi connectivity index (χ0n) is 16.1. The molecule has 2 N–H and O–H groups in total. The summed E-state index contributed by atoms with van der Waals surface area (Å²) in [7, 11) is 0. The number of benzene rings is 1. The van der Waals surface area contributed by atoms with E-state index < -0.39 is 0 Å². The molecule has 2 heterocycles. The molecule has 6 nitrogen and oxygen atoms in total. The Morgan fingerprint density at radius 3 is 2.57 bits per heavy atom. The Bertz CT molecular complexity index is 984. The molecule has 0 saturated heterocycles. The standard InChI is InChI=1S/C22H24N4O2/c1-15(11-12-17-8-4-3-5-9-17)24-20(27)14-18-16(2)25-21(26-22(18)28)19-10-6-7-13-23-19/h3-10,13,15H,11-12,14H2,1-2H3,(H,24,27)(H,25,26,28)/t15-/m0/s1. The van der Waals surface area contributed by atoms with Crippen LogP contribution >= 0.6 is 0 Å². The van der Waals surface area contributed by atoms with Crippen LogP contribution in [-0.2, 0) is 17.6 Å². The average molecular weight is 376 g/mol. The normalized spacial score (nSPS) is 11.8. The lowest BCUT2D eigenvalue weighted by Crippen LogP contribution is -2.35. The number of nitrogens with zero attached hydrogens (tertiary/aromatic N) is 2. The van der Waals surface area contributed by atoms with E-state index in [4.69, 9.17) is 0 Å². The van der Waals surface area contributed by atoms with Gasteiger partial charge in [0.1, 0.15) is 5.69 Å². The van der Waals surface area contributed by atoms with Crippen LogP contribution in [0.5, 0.6) is 0 Å². The second-order valence-electron chi connectivity index (χ2n) is 6.86. The van der Waals surface area contributed by atoms with Crippen LogP contribution in [0.1, 0.15) is 30.2 Å². The number of hydrogen-bond donors (Lipinski definition) is 2. The maximum absolute atomic E-state index is 12.5. The fraction of sp³-hybridized carbons (Fsp3) is 0.273. The van der Waals surface area contributed by atoms with E-state index in [0.717, 1.165) is 12.8 Å². The summed E-state index contributed by atoms with van der Waals surface area (Å²) in [5.74, 6) is 0.227. The number of amides is 1. The summed E-state index contributed by atoms with van der Waals surface area (Å²) in [6.45, 7) is 3.71. The van der Waals surface area contributed by atoms with Crippen LogP contribution in [0.4, 0.5) is 0 Å². The smallest absolute Gasteiger partial charge is 0.255 e. The topological polar surface area (TPSA) is 87.7 Å². The van der Waals surface area contributed by atoms with E-state index in [2.05, 4.69) is 32.4 Å². The summed E-state index contributed by atoms with van der Waals surface area (Å²) in [5.41, 5.74) is 2.45. The zero-order chi connectivity index (χ0) is 19.9. The van der Waals surface area contributed by atoms with Crippen molar-refractivity contribution in [2.45, 2.75) is 39.2 Å². The average Bonchev–Trinajstić information content (AvgIpc) is 2.70. The van der Waals surface area contributed by atoms with Gasteiger partial charge in [-0.15, -0.1) is 0 Å². The van der Waals surface area contributed by atoms with E-state index in [9.17, 15) is 9.59 Å². The molecule has 0 bridgehead atoms. The van der Waals surface area contributed by atoms with Gasteiger partial charge in [-0.2, -0.15) is 0 Å². The molecule has 0 spiro atoms. The highest BCUT2D eigenvalue weighted by Gasteiger charge is 2.15. The van der Waals surface area contributed by atoms with Crippen molar-refractivity contribution in [2.24, 2.45) is 0 Å². The molecule has 28 heavy (non-hydrogen) atoms. The molecule has 2 aromatic heterocycles. The maximum atomic E-state index is 12.5. The summed E-state index contributed by atoms with van der Waals surface area (Å²) in [5, 5.41) is 2.97. The highest BCUT2D eigenvalue weighted by atomic mass is 16.2. The monoisotopic (exact) mass is 376 g/mol. The number of rotatable bonds is 7. The Kier molecular flexibility index (Phi) is 6.32. The molecule has 1 atom stereocenters. The van der Waals surface area contributed by atoms with Crippen molar-refractivity contribution in [3.05, 3.63) is 81.9 Å². The summed E-state index contributed by atoms with van der Waals surface area (Å²) >= 11 is 0. The predicted molar refractivity (Wildman–Crippen MR) is 109 cm³/mol. The van der Waals surface area contributed by atoms with Gasteiger partial charge in [0, 0.05) is 23.5 Å². The fourth-order valence-corrected chi connectivity index (χ4v) is 3.03. The molecule has 3 aromatic rings. The summed E-state index contributed by atoms with van der Waals surface area (Å²) in [4.78, 5) is 36.2. The number of hydrogen-bond acceptors (Lipinski definition) is 4. The SMILES string of the molecule is Cc1nc(-c2ccccn2)[nH]c(=O)c1CC(=O)N[C@@H](C)CCc1ccccc1. The van der Waals surface area contributed by atoms with Crippen LogP contribution in [0.3, 0.4) is 0 Å². The first-order valence-electron chi connectivity index (χ1n) is 9.37. The van der Waals surface area contributed by atoms with Gasteiger partial charge in [-0.1, -0.05) is 36.4 Å². The molecule has 0 unspecified atom stereocenters. The van der Waals surface area contributed by atoms with Gasteiger partial charge in [0.05, 0.1) is 6.42 Å². The number of carbonyl (C=O) groups excluding carboxylic acids is 1. The first kappa shape index (κ1) is 19.5. The Hall–Kier alpha value is -3.28. The van der Waals surface area contributed by atoms with Gasteiger partial charge >= 0.3 is 0 Å². The van der Waals surface area contributed by atoms with Crippen LogP contribution < -0.4 is 10.9 Å². The molecule has 0 saturated carbocycles. The first-order chi connectivity index (χ1) is 13.5. The van der Waals surface area contributed by atoms with Crippen molar-refractivity contribution in [2.75, 3.05) is 0 Å². The van der Waals surface area contributed by atoms with Gasteiger partial charge in [0.15, 0.2) is 5.82 Å². The third-order valence-corrected chi connectivity index (χ3v) is 4.58. The Balaban J connectivity index is 1.61. The van der Waals surface area contributed by atoms with Gasteiger partial charge in [0.2, 0.25) is 5.91 Å². The Morgan fingerprint density at radius 1 is 1.14 bits per heavy atom. The number of aryl methyl sites for hydroxylation is 2. The fourth-order valence-electron chi connectivity index (χ4n) is 3.03. The van der Waals surface area contributed by atoms with Gasteiger partial charge in [-0.05, 0) is 44.4 Å². The van der Waals surface area contributed by atoms with Crippen LogP contribution in [0.15, 0.2) is 59.5 Å². The minimum atomic E-state index is -0.305. The largest absolute Gasteiger partial charge is 0.353 e. The second-order valence-corrected chi connectivity index (χ2v) is 6.86. The van der Waals surface area contributed by atoms with Crippen molar-refractivity contribution in [3.63, 3.8) is 0 Å². The highest BCUT2D eigenvalue weighted by molar-refractivity contribution is 5.79. The molecule has 0 radical (unpaired) electrons. The summed E-state index contributed by atoms with van der Waals surface area (Å²) < 4.78 is 0. The molecule has 3 rings (SSSR count). The summed E-state index contributed by atoms with van der Waals surface area (Å²) in [6.07, 6.45) is 3.37. The number of carbonyl (C=O) groups is 1. The lowest BCUT2D eigenvalue weighted by atomic mass is 10.1. The van der Waals surface area contributed by atoms with Crippen molar-refractivity contribution in [1.82, 2.24) is 20.3 Å². The van der Waals surface area contributed by atoms with Crippen molar-refractivity contribution in [1.29, 1.82) is 0 Å². The highest BCUT2D eigenvalue weighted by Crippen LogP contribution is 2.11. The van der Waals surface area contributed by atoms with Crippen LogP contribution in [0.25, 0.3) is 11.5 Å². The molecule has 0 fully saturated rings. The number of H-pyrrole nitrogens is 1. The lowest BCUT2D eigenvalue weighted by molar-refractivity contribution is -0.121. The van der Waals surface area contributed by atoms with E-state index in [-0.39, 0.29) is 23.9 Å². The lowest BCUT2D eigenvalue weighted by Gasteiger charge is -2.14. The Morgan fingerprint density at radius 2 is 1.89 bits per heavy atom. The molecule has 1 amide bonds. The molecule has 6 heteroatoms. The van der Waals surface area contributed by atoms with Crippen LogP contribution in [0.2, 0.25) is 0 Å².